The van der Waals surface area contributed by atoms with E-state index in [1.54, 1.807) is 0 Å². The highest BCUT2D eigenvalue weighted by molar-refractivity contribution is 5.86. The minimum Gasteiger partial charge on any atom is -0.491 e. The van der Waals surface area contributed by atoms with E-state index in [0.29, 0.717) is 18.7 Å². The largest absolute Gasteiger partial charge is 0.491 e. The molecule has 0 aliphatic carbocycles. The molecule has 1 atom stereocenters. The van der Waals surface area contributed by atoms with Crippen LogP contribution in [0.1, 0.15) is 30.5 Å². The summed E-state index contributed by atoms with van der Waals surface area (Å²) >= 11 is 0. The smallest absolute Gasteiger partial charge is 0.326 e. The summed E-state index contributed by atoms with van der Waals surface area (Å²) in [6.45, 7) is 4.22. The van der Waals surface area contributed by atoms with Crippen LogP contribution in [0.2, 0.25) is 0 Å². The van der Waals surface area contributed by atoms with Crippen molar-refractivity contribution >= 4 is 11.9 Å². The number of carbonyl (C=O) groups is 2. The topological polar surface area (TPSA) is 66.8 Å². The third kappa shape index (κ3) is 4.04. The van der Waals surface area contributed by atoms with Gasteiger partial charge in [0.05, 0.1) is 12.5 Å². The molecule has 0 saturated heterocycles. The second kappa shape index (κ2) is 7.60. The quantitative estimate of drug-likeness (QED) is 0.897. The number of fused-ring (bicyclic) bond motifs is 1. The van der Waals surface area contributed by atoms with Crippen LogP contribution in [-0.4, -0.2) is 34.0 Å². The zero-order valence-corrected chi connectivity index (χ0v) is 15.0. The number of hydrogen-bond donors (Lipinski definition) is 1. The first kappa shape index (κ1) is 18.0. The van der Waals surface area contributed by atoms with Crippen molar-refractivity contribution in [1.29, 1.82) is 0 Å². The van der Waals surface area contributed by atoms with Crippen LogP contribution < -0.4 is 4.74 Å². The molecule has 2 aromatic carbocycles. The Morgan fingerprint density at radius 3 is 2.58 bits per heavy atom. The van der Waals surface area contributed by atoms with Crippen LogP contribution in [0.3, 0.4) is 0 Å². The maximum absolute atomic E-state index is 12.8. The van der Waals surface area contributed by atoms with E-state index in [4.69, 9.17) is 4.74 Å². The summed E-state index contributed by atoms with van der Waals surface area (Å²) in [5, 5.41) is 9.58. The van der Waals surface area contributed by atoms with Crippen molar-refractivity contribution in [3.63, 3.8) is 0 Å². The molecule has 5 nitrogen and oxygen atoms in total. The summed E-state index contributed by atoms with van der Waals surface area (Å²) in [5.74, 6) is -0.442. The van der Waals surface area contributed by atoms with E-state index in [2.05, 4.69) is 0 Å². The first-order valence-corrected chi connectivity index (χ1v) is 8.78. The summed E-state index contributed by atoms with van der Waals surface area (Å²) in [6.07, 6.45) is 0.547. The molecule has 1 aliphatic rings. The standard InChI is InChI=1S/C21H23NO4/c1-14(2)26-18-9-5-6-15(10-18)11-20(23)22-13-17-8-4-3-7-16(17)12-19(22)21(24)25/h3-10,14,19H,11-13H2,1-2H3,(H,24,25). The van der Waals surface area contributed by atoms with Gasteiger partial charge in [-0.25, -0.2) is 4.79 Å². The third-order valence-electron chi connectivity index (χ3n) is 4.48. The Bertz CT molecular complexity index is 815. The summed E-state index contributed by atoms with van der Waals surface area (Å²) in [4.78, 5) is 26.0. The van der Waals surface area contributed by atoms with Gasteiger partial charge in [0.25, 0.3) is 0 Å². The van der Waals surface area contributed by atoms with Crippen molar-refractivity contribution < 1.29 is 19.4 Å². The van der Waals surface area contributed by atoms with Gasteiger partial charge in [0.1, 0.15) is 11.8 Å². The molecule has 1 amide bonds. The number of ether oxygens (including phenoxy) is 1. The molecule has 1 unspecified atom stereocenters. The Balaban J connectivity index is 1.79. The van der Waals surface area contributed by atoms with E-state index in [9.17, 15) is 14.7 Å². The van der Waals surface area contributed by atoms with Gasteiger partial charge in [0.15, 0.2) is 0 Å². The molecule has 1 aliphatic heterocycles. The van der Waals surface area contributed by atoms with Gasteiger partial charge in [-0.2, -0.15) is 0 Å². The zero-order chi connectivity index (χ0) is 18.7. The van der Waals surface area contributed by atoms with Crippen LogP contribution in [0, 0.1) is 0 Å². The summed E-state index contributed by atoms with van der Waals surface area (Å²) in [5.41, 5.74) is 2.82. The van der Waals surface area contributed by atoms with Gasteiger partial charge in [-0.05, 0) is 42.7 Å². The Labute approximate surface area is 153 Å². The molecule has 0 bridgehead atoms. The summed E-state index contributed by atoms with van der Waals surface area (Å²) in [6, 6.07) is 14.3. The molecule has 0 saturated carbocycles. The van der Waals surface area contributed by atoms with Gasteiger partial charge in [0.2, 0.25) is 5.91 Å². The fourth-order valence-corrected chi connectivity index (χ4v) is 3.28. The van der Waals surface area contributed by atoms with Crippen molar-refractivity contribution in [2.24, 2.45) is 0 Å². The normalized spacial score (nSPS) is 16.3. The predicted octanol–water partition coefficient (Wildman–Crippen LogP) is 3.05. The summed E-state index contributed by atoms with van der Waals surface area (Å²) < 4.78 is 5.67. The Hall–Kier alpha value is -2.82. The fraction of sp³-hybridized carbons (Fsp3) is 0.333. The molecule has 2 aromatic rings. The number of carbonyl (C=O) groups excluding carboxylic acids is 1. The van der Waals surface area contributed by atoms with Crippen molar-refractivity contribution in [1.82, 2.24) is 4.90 Å². The number of benzene rings is 2. The molecule has 0 fully saturated rings. The fourth-order valence-electron chi connectivity index (χ4n) is 3.28. The molecular formula is C21H23NO4. The second-order valence-corrected chi connectivity index (χ2v) is 6.84. The lowest BCUT2D eigenvalue weighted by Crippen LogP contribution is -2.49. The van der Waals surface area contributed by atoms with Crippen LogP contribution in [-0.2, 0) is 29.0 Å². The molecule has 0 radical (unpaired) electrons. The van der Waals surface area contributed by atoms with Gasteiger partial charge >= 0.3 is 5.97 Å². The minimum absolute atomic E-state index is 0.0518. The molecule has 26 heavy (non-hydrogen) atoms. The first-order chi connectivity index (χ1) is 12.4. The van der Waals surface area contributed by atoms with Crippen LogP contribution in [0.25, 0.3) is 0 Å². The van der Waals surface area contributed by atoms with E-state index >= 15 is 0 Å². The minimum atomic E-state index is -0.968. The highest BCUT2D eigenvalue weighted by Gasteiger charge is 2.34. The van der Waals surface area contributed by atoms with Crippen LogP contribution in [0.4, 0.5) is 0 Å². The first-order valence-electron chi connectivity index (χ1n) is 8.78. The number of aliphatic carboxylic acids is 1. The lowest BCUT2D eigenvalue weighted by atomic mass is 9.93. The average molecular weight is 353 g/mol. The monoisotopic (exact) mass is 353 g/mol. The Kier molecular flexibility index (Phi) is 5.26. The molecule has 136 valence electrons. The number of carboxylic acids is 1. The second-order valence-electron chi connectivity index (χ2n) is 6.84. The Morgan fingerprint density at radius 1 is 1.15 bits per heavy atom. The molecule has 0 spiro atoms. The maximum Gasteiger partial charge on any atom is 0.326 e. The van der Waals surface area contributed by atoms with E-state index in [-0.39, 0.29) is 18.4 Å². The third-order valence-corrected chi connectivity index (χ3v) is 4.48. The van der Waals surface area contributed by atoms with Crippen molar-refractivity contribution in [3.05, 3.63) is 65.2 Å². The van der Waals surface area contributed by atoms with E-state index < -0.39 is 12.0 Å². The lowest BCUT2D eigenvalue weighted by molar-refractivity contribution is -0.151. The van der Waals surface area contributed by atoms with Crippen LogP contribution in [0.15, 0.2) is 48.5 Å². The average Bonchev–Trinajstić information content (AvgIpc) is 2.60. The number of hydrogen-bond acceptors (Lipinski definition) is 3. The number of amides is 1. The highest BCUT2D eigenvalue weighted by Crippen LogP contribution is 2.25. The highest BCUT2D eigenvalue weighted by atomic mass is 16.5. The molecule has 1 N–H and O–H groups in total. The molecule has 1 heterocycles. The number of carboxylic acid groups (broad SMARTS) is 1. The molecule has 3 rings (SSSR count). The van der Waals surface area contributed by atoms with E-state index in [0.717, 1.165) is 16.7 Å². The van der Waals surface area contributed by atoms with Gasteiger partial charge < -0.3 is 14.7 Å². The van der Waals surface area contributed by atoms with Crippen molar-refractivity contribution in [3.8, 4) is 5.75 Å². The van der Waals surface area contributed by atoms with Crippen molar-refractivity contribution in [2.75, 3.05) is 0 Å². The predicted molar refractivity (Wildman–Crippen MR) is 98.0 cm³/mol. The van der Waals surface area contributed by atoms with Gasteiger partial charge in [-0.1, -0.05) is 36.4 Å². The maximum atomic E-state index is 12.8. The molecular weight excluding hydrogens is 330 g/mol. The van der Waals surface area contributed by atoms with Gasteiger partial charge in [0, 0.05) is 13.0 Å². The zero-order valence-electron chi connectivity index (χ0n) is 15.0. The number of nitrogens with zero attached hydrogens (tertiary/aromatic N) is 1. The molecule has 0 aromatic heterocycles. The van der Waals surface area contributed by atoms with Gasteiger partial charge in [-0.3, -0.25) is 4.79 Å². The van der Waals surface area contributed by atoms with E-state index in [1.807, 2.05) is 62.4 Å². The Morgan fingerprint density at radius 2 is 1.88 bits per heavy atom. The summed E-state index contributed by atoms with van der Waals surface area (Å²) in [7, 11) is 0. The van der Waals surface area contributed by atoms with Crippen molar-refractivity contribution in [2.45, 2.75) is 45.4 Å². The number of rotatable bonds is 5. The molecule has 5 heteroatoms. The SMILES string of the molecule is CC(C)Oc1cccc(CC(=O)N2Cc3ccccc3CC2C(=O)O)c1. The van der Waals surface area contributed by atoms with Crippen LogP contribution >= 0.6 is 0 Å². The van der Waals surface area contributed by atoms with Gasteiger partial charge in [-0.15, -0.1) is 0 Å². The lowest BCUT2D eigenvalue weighted by Gasteiger charge is -2.34. The van der Waals surface area contributed by atoms with Crippen LogP contribution in [0.5, 0.6) is 5.75 Å². The van der Waals surface area contributed by atoms with E-state index in [1.165, 1.54) is 4.90 Å².